The minimum absolute atomic E-state index is 0. The average Bonchev–Trinajstić information content (AvgIpc) is 2.27. The monoisotopic (exact) mass is 321 g/mol. The number of nitrogens with one attached hydrogen (secondary N) is 1. The Hall–Kier alpha value is 1.52. The van der Waals surface area contributed by atoms with Gasteiger partial charge in [-0.1, -0.05) is 6.08 Å². The van der Waals surface area contributed by atoms with Gasteiger partial charge in [-0.15, -0.1) is 6.58 Å². The zero-order valence-corrected chi connectivity index (χ0v) is 15.1. The number of hydrogen-bond acceptors (Lipinski definition) is 7. The van der Waals surface area contributed by atoms with E-state index in [2.05, 4.69) is 21.3 Å². The zero-order valence-electron chi connectivity index (χ0n) is 10.3. The molecule has 1 saturated heterocycles. The quantitative estimate of drug-likeness (QED) is 0.118. The molecule has 2 unspecified atom stereocenters. The van der Waals surface area contributed by atoms with E-state index in [-0.39, 0.29) is 68.4 Å². The first-order valence-electron chi connectivity index (χ1n) is 5.25. The van der Waals surface area contributed by atoms with Gasteiger partial charge in [0.2, 0.25) is 0 Å². The van der Waals surface area contributed by atoms with Crippen molar-refractivity contribution in [3.8, 4) is 0 Å². The minimum atomic E-state index is -2.91. The van der Waals surface area contributed by atoms with Crippen molar-refractivity contribution >= 4 is 21.9 Å². The number of allylic oxidation sites excluding steroid dienone is 1. The molecule has 6 nitrogen and oxygen atoms in total. The zero-order chi connectivity index (χ0) is 12.7. The van der Waals surface area contributed by atoms with Gasteiger partial charge in [0.05, 0.1) is 11.0 Å². The molecule has 2 atom stereocenters. The smallest absolute Gasteiger partial charge is 0.691 e. The second kappa shape index (κ2) is 10.3. The molecule has 1 fully saturated rings. The van der Waals surface area contributed by atoms with Crippen LogP contribution >= 0.6 is 12.0 Å². The van der Waals surface area contributed by atoms with Crippen LogP contribution < -0.4 is 62.0 Å². The predicted octanol–water partition coefficient (Wildman–Crippen LogP) is -3.42. The van der Waals surface area contributed by atoms with Crippen LogP contribution in [0.2, 0.25) is 0 Å². The Labute approximate surface area is 154 Å². The maximum atomic E-state index is 11.5. The minimum Gasteiger partial charge on any atom is -0.691 e. The second-order valence-electron chi connectivity index (χ2n) is 3.75. The van der Waals surface area contributed by atoms with Crippen LogP contribution in [0.1, 0.15) is 12.8 Å². The first-order chi connectivity index (χ1) is 8.11. The fraction of sp³-hybridized carbons (Fsp3) is 0.778. The molecule has 1 N–H and O–H groups in total. The summed E-state index contributed by atoms with van der Waals surface area (Å²) in [6, 6.07) is -0.00581. The number of sulfone groups is 1. The van der Waals surface area contributed by atoms with Crippen LogP contribution in [0, 0.1) is 0 Å². The molecule has 0 aliphatic carbocycles. The Morgan fingerprint density at radius 3 is 2.83 bits per heavy atom. The summed E-state index contributed by atoms with van der Waals surface area (Å²) in [6.45, 7) is 4.15. The Morgan fingerprint density at radius 1 is 1.56 bits per heavy atom. The van der Waals surface area contributed by atoms with E-state index in [0.717, 1.165) is 12.0 Å². The Kier molecular flexibility index (Phi) is 11.1. The molecule has 0 saturated carbocycles. The largest absolute Gasteiger partial charge is 1.00 e. The van der Waals surface area contributed by atoms with E-state index >= 15 is 0 Å². The third-order valence-corrected chi connectivity index (χ3v) is 5.48. The molecule has 1 aliphatic rings. The van der Waals surface area contributed by atoms with Crippen molar-refractivity contribution in [3.05, 3.63) is 12.7 Å². The van der Waals surface area contributed by atoms with Crippen molar-refractivity contribution in [1.29, 1.82) is 0 Å². The molecular formula is C9H16KNO5S2. The fourth-order valence-corrected chi connectivity index (χ4v) is 4.04. The van der Waals surface area contributed by atoms with E-state index in [9.17, 15) is 13.7 Å². The van der Waals surface area contributed by atoms with Crippen molar-refractivity contribution in [2.24, 2.45) is 0 Å². The summed E-state index contributed by atoms with van der Waals surface area (Å²) < 4.78 is 27.1. The molecule has 1 heterocycles. The van der Waals surface area contributed by atoms with Crippen molar-refractivity contribution < 1.29 is 74.4 Å². The van der Waals surface area contributed by atoms with Crippen LogP contribution in [0.25, 0.3) is 0 Å². The summed E-state index contributed by atoms with van der Waals surface area (Å²) in [5.41, 5.74) is 0. The van der Waals surface area contributed by atoms with Crippen molar-refractivity contribution in [2.75, 3.05) is 18.1 Å². The summed E-state index contributed by atoms with van der Waals surface area (Å²) in [5.74, 6) is 0.700. The Balaban J connectivity index is 0.00000289. The molecule has 0 radical (unpaired) electrons. The van der Waals surface area contributed by atoms with Gasteiger partial charge < -0.3 is 10.6 Å². The molecule has 18 heavy (non-hydrogen) atoms. The molecule has 9 heteroatoms. The summed E-state index contributed by atoms with van der Waals surface area (Å²) in [7, 11) is -2.91. The van der Waals surface area contributed by atoms with E-state index in [1.807, 2.05) is 0 Å². The van der Waals surface area contributed by atoms with Crippen LogP contribution in [-0.4, -0.2) is 37.8 Å². The average molecular weight is 321 g/mol. The first kappa shape index (κ1) is 19.5. The Morgan fingerprint density at radius 2 is 2.28 bits per heavy atom. The van der Waals surface area contributed by atoms with Crippen LogP contribution in [0.5, 0.6) is 0 Å². The van der Waals surface area contributed by atoms with Gasteiger partial charge in [-0.05, 0) is 12.8 Å². The fourth-order valence-electron chi connectivity index (χ4n) is 1.80. The molecule has 1 rings (SSSR count). The molecule has 0 aromatic rings. The SMILES string of the molecule is C=CCCC1C(NCCSOO[O-])CS1(=O)=O.[K+]. The van der Waals surface area contributed by atoms with E-state index in [1.54, 1.807) is 6.08 Å². The van der Waals surface area contributed by atoms with Crippen LogP contribution in [0.3, 0.4) is 0 Å². The van der Waals surface area contributed by atoms with Crippen LogP contribution in [-0.2, 0) is 19.2 Å². The van der Waals surface area contributed by atoms with Gasteiger partial charge in [0, 0.05) is 30.4 Å². The van der Waals surface area contributed by atoms with Gasteiger partial charge in [0.15, 0.2) is 9.84 Å². The van der Waals surface area contributed by atoms with Gasteiger partial charge in [-0.25, -0.2) is 8.42 Å². The van der Waals surface area contributed by atoms with Gasteiger partial charge in [0.25, 0.3) is 0 Å². The van der Waals surface area contributed by atoms with Crippen molar-refractivity contribution in [2.45, 2.75) is 24.1 Å². The van der Waals surface area contributed by atoms with E-state index in [4.69, 9.17) is 0 Å². The van der Waals surface area contributed by atoms with E-state index in [1.165, 1.54) is 0 Å². The van der Waals surface area contributed by atoms with Crippen LogP contribution in [0.15, 0.2) is 12.7 Å². The topological polar surface area (TPSA) is 87.7 Å². The molecule has 0 spiro atoms. The molecule has 0 bridgehead atoms. The van der Waals surface area contributed by atoms with E-state index in [0.29, 0.717) is 25.1 Å². The van der Waals surface area contributed by atoms with Gasteiger partial charge >= 0.3 is 51.4 Å². The van der Waals surface area contributed by atoms with Crippen molar-refractivity contribution in [3.63, 3.8) is 0 Å². The third-order valence-electron chi connectivity index (χ3n) is 2.65. The standard InChI is InChI=1S/C9H17NO5S2.K/c1-2-3-4-9-8(7-17(9,12)13)10-5-6-16-15-14-11;/h2,8-11H,1,3-7H2;/q;+1/p-1. The summed E-state index contributed by atoms with van der Waals surface area (Å²) in [6.07, 6.45) is 3.03. The maximum absolute atomic E-state index is 11.5. The summed E-state index contributed by atoms with van der Waals surface area (Å²) in [4.78, 5) is 0. The van der Waals surface area contributed by atoms with Gasteiger partial charge in [-0.2, -0.15) is 4.33 Å². The molecule has 0 aromatic heterocycles. The second-order valence-corrected chi connectivity index (χ2v) is 6.80. The van der Waals surface area contributed by atoms with Crippen molar-refractivity contribution in [1.82, 2.24) is 5.32 Å². The number of hydrogen-bond donors (Lipinski definition) is 1. The first-order valence-corrected chi connectivity index (χ1v) is 7.88. The maximum Gasteiger partial charge on any atom is 1.00 e. The molecule has 1 aliphatic heterocycles. The molecule has 100 valence electrons. The van der Waals surface area contributed by atoms with E-state index < -0.39 is 9.84 Å². The summed E-state index contributed by atoms with van der Waals surface area (Å²) >= 11 is 0.886. The Bertz CT molecular complexity index is 338. The number of rotatable bonds is 9. The summed E-state index contributed by atoms with van der Waals surface area (Å²) in [5, 5.41) is 15.5. The normalized spacial score (nSPS) is 24.9. The predicted molar refractivity (Wildman–Crippen MR) is 63.4 cm³/mol. The molecular weight excluding hydrogens is 305 g/mol. The third kappa shape index (κ3) is 6.31. The molecule has 0 aromatic carbocycles. The molecule has 0 amide bonds. The van der Waals surface area contributed by atoms with Gasteiger partial charge in [0.1, 0.15) is 0 Å². The van der Waals surface area contributed by atoms with Crippen LogP contribution in [0.4, 0.5) is 0 Å². The van der Waals surface area contributed by atoms with Gasteiger partial charge in [-0.3, -0.25) is 5.04 Å².